The number of fused-ring (bicyclic) bond motifs is 4. The molecule has 0 saturated carbocycles. The van der Waals surface area contributed by atoms with Crippen LogP contribution in [0.1, 0.15) is 5.56 Å². The molecule has 4 rings (SSSR count). The number of furan rings is 1. The van der Waals surface area contributed by atoms with Gasteiger partial charge in [0.1, 0.15) is 11.2 Å². The SMILES string of the molecule is Cc1c2ccccc2cc2oc3ccccc3c12. The van der Waals surface area contributed by atoms with E-state index in [4.69, 9.17) is 4.42 Å². The number of para-hydroxylation sites is 1. The first-order valence-corrected chi connectivity index (χ1v) is 6.14. The molecule has 18 heavy (non-hydrogen) atoms. The highest BCUT2D eigenvalue weighted by atomic mass is 16.3. The number of hydrogen-bond donors (Lipinski definition) is 0. The highest BCUT2D eigenvalue weighted by molar-refractivity contribution is 6.12. The lowest BCUT2D eigenvalue weighted by Gasteiger charge is -2.03. The van der Waals surface area contributed by atoms with E-state index < -0.39 is 0 Å². The third-order valence-electron chi connectivity index (χ3n) is 3.65. The average Bonchev–Trinajstić information content (AvgIpc) is 2.77. The minimum Gasteiger partial charge on any atom is -0.456 e. The molecule has 0 atom stereocenters. The quantitative estimate of drug-likeness (QED) is 0.413. The first-order valence-electron chi connectivity index (χ1n) is 6.14. The van der Waals surface area contributed by atoms with Gasteiger partial charge < -0.3 is 4.42 Å². The molecule has 0 amide bonds. The Morgan fingerprint density at radius 1 is 0.778 bits per heavy atom. The lowest BCUT2D eigenvalue weighted by Crippen LogP contribution is -1.79. The molecular weight excluding hydrogens is 220 g/mol. The van der Waals surface area contributed by atoms with E-state index in [1.165, 1.54) is 27.1 Å². The Kier molecular flexibility index (Phi) is 1.81. The molecule has 0 aliphatic heterocycles. The zero-order chi connectivity index (χ0) is 12.1. The Morgan fingerprint density at radius 3 is 2.39 bits per heavy atom. The topological polar surface area (TPSA) is 13.1 Å². The molecule has 0 saturated heterocycles. The predicted molar refractivity (Wildman–Crippen MR) is 76.0 cm³/mol. The molecule has 1 aromatic heterocycles. The monoisotopic (exact) mass is 232 g/mol. The van der Waals surface area contributed by atoms with Crippen molar-refractivity contribution in [2.24, 2.45) is 0 Å². The molecular formula is C17H12O. The van der Waals surface area contributed by atoms with Crippen molar-refractivity contribution < 1.29 is 4.42 Å². The molecule has 86 valence electrons. The van der Waals surface area contributed by atoms with Crippen molar-refractivity contribution in [3.05, 3.63) is 60.2 Å². The summed E-state index contributed by atoms with van der Waals surface area (Å²) in [4.78, 5) is 0. The highest BCUT2D eigenvalue weighted by Gasteiger charge is 2.11. The van der Waals surface area contributed by atoms with E-state index >= 15 is 0 Å². The molecule has 0 unspecified atom stereocenters. The lowest BCUT2D eigenvalue weighted by molar-refractivity contribution is 0.669. The van der Waals surface area contributed by atoms with Crippen LogP contribution >= 0.6 is 0 Å². The summed E-state index contributed by atoms with van der Waals surface area (Å²) in [7, 11) is 0. The van der Waals surface area contributed by atoms with Crippen molar-refractivity contribution in [3.8, 4) is 0 Å². The maximum atomic E-state index is 5.94. The Hall–Kier alpha value is -2.28. The Labute approximate surface area is 105 Å². The lowest BCUT2D eigenvalue weighted by atomic mass is 10.00. The van der Waals surface area contributed by atoms with Gasteiger partial charge in [0.2, 0.25) is 0 Å². The van der Waals surface area contributed by atoms with Crippen LogP contribution < -0.4 is 0 Å². The van der Waals surface area contributed by atoms with E-state index in [0.717, 1.165) is 11.2 Å². The molecule has 0 fully saturated rings. The molecule has 3 aromatic carbocycles. The summed E-state index contributed by atoms with van der Waals surface area (Å²) < 4.78 is 5.94. The van der Waals surface area contributed by atoms with Crippen molar-refractivity contribution in [3.63, 3.8) is 0 Å². The Morgan fingerprint density at radius 2 is 1.50 bits per heavy atom. The van der Waals surface area contributed by atoms with Crippen LogP contribution in [0.3, 0.4) is 0 Å². The largest absolute Gasteiger partial charge is 0.456 e. The van der Waals surface area contributed by atoms with E-state index in [2.05, 4.69) is 49.4 Å². The maximum Gasteiger partial charge on any atom is 0.136 e. The van der Waals surface area contributed by atoms with Gasteiger partial charge in [-0.1, -0.05) is 42.5 Å². The number of aryl methyl sites for hydroxylation is 1. The van der Waals surface area contributed by atoms with Gasteiger partial charge in [0, 0.05) is 10.8 Å². The Balaban J connectivity index is 2.34. The van der Waals surface area contributed by atoms with Crippen molar-refractivity contribution in [1.29, 1.82) is 0 Å². The van der Waals surface area contributed by atoms with Crippen LogP contribution in [0.5, 0.6) is 0 Å². The van der Waals surface area contributed by atoms with Crippen LogP contribution in [-0.4, -0.2) is 0 Å². The van der Waals surface area contributed by atoms with Gasteiger partial charge in [-0.3, -0.25) is 0 Å². The van der Waals surface area contributed by atoms with E-state index in [-0.39, 0.29) is 0 Å². The smallest absolute Gasteiger partial charge is 0.136 e. The van der Waals surface area contributed by atoms with Gasteiger partial charge in [-0.05, 0) is 35.4 Å². The summed E-state index contributed by atoms with van der Waals surface area (Å²) in [5, 5.41) is 4.98. The average molecular weight is 232 g/mol. The highest BCUT2D eigenvalue weighted by Crippen LogP contribution is 2.35. The fourth-order valence-electron chi connectivity index (χ4n) is 2.79. The predicted octanol–water partition coefficient (Wildman–Crippen LogP) is 5.05. The Bertz CT molecular complexity index is 884. The van der Waals surface area contributed by atoms with Crippen molar-refractivity contribution in [2.45, 2.75) is 6.92 Å². The van der Waals surface area contributed by atoms with Gasteiger partial charge in [0.25, 0.3) is 0 Å². The summed E-state index contributed by atoms with van der Waals surface area (Å²) >= 11 is 0. The van der Waals surface area contributed by atoms with Gasteiger partial charge in [-0.25, -0.2) is 0 Å². The summed E-state index contributed by atoms with van der Waals surface area (Å²) in [6.45, 7) is 2.17. The fraction of sp³-hybridized carbons (Fsp3) is 0.0588. The molecule has 4 aromatic rings. The zero-order valence-corrected chi connectivity index (χ0v) is 10.1. The third kappa shape index (κ3) is 1.16. The summed E-state index contributed by atoms with van der Waals surface area (Å²) in [5.74, 6) is 0. The number of benzene rings is 3. The molecule has 0 radical (unpaired) electrons. The molecule has 0 aliphatic carbocycles. The van der Waals surface area contributed by atoms with Crippen LogP contribution in [0.15, 0.2) is 59.0 Å². The van der Waals surface area contributed by atoms with E-state index in [1.54, 1.807) is 0 Å². The number of hydrogen-bond acceptors (Lipinski definition) is 1. The normalized spacial score (nSPS) is 11.6. The van der Waals surface area contributed by atoms with Gasteiger partial charge in [-0.15, -0.1) is 0 Å². The molecule has 0 bridgehead atoms. The van der Waals surface area contributed by atoms with Gasteiger partial charge in [0.15, 0.2) is 0 Å². The van der Waals surface area contributed by atoms with Gasteiger partial charge in [0.05, 0.1) is 0 Å². The first-order chi connectivity index (χ1) is 8.84. The minimum absolute atomic E-state index is 0.964. The van der Waals surface area contributed by atoms with Crippen molar-refractivity contribution in [2.75, 3.05) is 0 Å². The fourth-order valence-corrected chi connectivity index (χ4v) is 2.79. The number of rotatable bonds is 0. The van der Waals surface area contributed by atoms with Crippen LogP contribution in [0.25, 0.3) is 32.7 Å². The van der Waals surface area contributed by atoms with Crippen LogP contribution in [0, 0.1) is 6.92 Å². The second-order valence-corrected chi connectivity index (χ2v) is 4.69. The van der Waals surface area contributed by atoms with Crippen LogP contribution in [0.2, 0.25) is 0 Å². The maximum absolute atomic E-state index is 5.94. The summed E-state index contributed by atoms with van der Waals surface area (Å²) in [5.41, 5.74) is 3.24. The molecule has 0 aliphatic rings. The second-order valence-electron chi connectivity index (χ2n) is 4.69. The van der Waals surface area contributed by atoms with E-state index in [9.17, 15) is 0 Å². The standard InChI is InChI=1S/C17H12O/c1-11-13-7-3-2-6-12(13)10-16-17(11)14-8-4-5-9-15(14)18-16/h2-10H,1H3. The molecule has 1 nitrogen and oxygen atoms in total. The van der Waals surface area contributed by atoms with E-state index in [0.29, 0.717) is 0 Å². The molecule has 0 N–H and O–H groups in total. The molecule has 1 heteroatoms. The van der Waals surface area contributed by atoms with E-state index in [1.807, 2.05) is 12.1 Å². The van der Waals surface area contributed by atoms with Crippen LogP contribution in [-0.2, 0) is 0 Å². The molecule has 0 spiro atoms. The van der Waals surface area contributed by atoms with Crippen LogP contribution in [0.4, 0.5) is 0 Å². The third-order valence-corrected chi connectivity index (χ3v) is 3.65. The van der Waals surface area contributed by atoms with Gasteiger partial charge in [-0.2, -0.15) is 0 Å². The van der Waals surface area contributed by atoms with Gasteiger partial charge >= 0.3 is 0 Å². The van der Waals surface area contributed by atoms with Crippen molar-refractivity contribution >= 4 is 32.7 Å². The molecule has 1 heterocycles. The van der Waals surface area contributed by atoms with Crippen molar-refractivity contribution in [1.82, 2.24) is 0 Å². The summed E-state index contributed by atoms with van der Waals surface area (Å²) in [6, 6.07) is 18.8. The summed E-state index contributed by atoms with van der Waals surface area (Å²) in [6.07, 6.45) is 0. The second kappa shape index (κ2) is 3.36. The zero-order valence-electron chi connectivity index (χ0n) is 10.1. The minimum atomic E-state index is 0.964. The first kappa shape index (κ1) is 9.72.